The first-order chi connectivity index (χ1) is 9.24. The first-order valence-corrected chi connectivity index (χ1v) is 7.50. The molecule has 1 unspecified atom stereocenters. The molecule has 0 radical (unpaired) electrons. The van der Waals surface area contributed by atoms with Crippen LogP contribution in [-0.2, 0) is 6.42 Å². The molecule has 1 heterocycles. The van der Waals surface area contributed by atoms with Gasteiger partial charge in [-0.1, -0.05) is 18.5 Å². The summed E-state index contributed by atoms with van der Waals surface area (Å²) in [5.74, 6) is 0.863. The molecule has 1 aromatic heterocycles. The number of aromatic nitrogens is 1. The van der Waals surface area contributed by atoms with Crippen molar-refractivity contribution in [3.8, 4) is 5.75 Å². The Morgan fingerprint density at radius 3 is 2.95 bits per heavy atom. The fraction of sp³-hybridized carbons (Fsp3) is 0.357. The quantitative estimate of drug-likeness (QED) is 0.882. The van der Waals surface area contributed by atoms with Gasteiger partial charge < -0.3 is 10.1 Å². The molecule has 1 aromatic carbocycles. The summed E-state index contributed by atoms with van der Waals surface area (Å²) in [6.07, 6.45) is 0.807. The van der Waals surface area contributed by atoms with Crippen molar-refractivity contribution >= 4 is 22.9 Å². The van der Waals surface area contributed by atoms with Crippen LogP contribution in [0.3, 0.4) is 0 Å². The monoisotopic (exact) mass is 296 g/mol. The number of hydrogen-bond donors (Lipinski definition) is 1. The summed E-state index contributed by atoms with van der Waals surface area (Å²) in [5.41, 5.74) is 4.01. The molecule has 19 heavy (non-hydrogen) atoms. The van der Waals surface area contributed by atoms with Crippen LogP contribution in [0.4, 0.5) is 0 Å². The van der Waals surface area contributed by atoms with E-state index in [-0.39, 0.29) is 6.04 Å². The third kappa shape index (κ3) is 3.69. The standard InChI is InChI=1S/C14H17ClN2OS/c1-3-16-12(13-8-19-9-17-13)7-10-6-11(15)4-5-14(10)18-2/h4-6,8-9,12,16H,3,7H2,1-2H3. The Kier molecular flexibility index (Phi) is 5.19. The van der Waals surface area contributed by atoms with E-state index in [2.05, 4.69) is 22.6 Å². The highest BCUT2D eigenvalue weighted by Crippen LogP contribution is 2.27. The number of nitrogens with one attached hydrogen (secondary N) is 1. The van der Waals surface area contributed by atoms with Crippen molar-refractivity contribution < 1.29 is 4.74 Å². The first kappa shape index (κ1) is 14.3. The van der Waals surface area contributed by atoms with Crippen LogP contribution in [0, 0.1) is 0 Å². The number of rotatable bonds is 6. The summed E-state index contributed by atoms with van der Waals surface area (Å²) < 4.78 is 5.39. The van der Waals surface area contributed by atoms with Gasteiger partial charge in [0.1, 0.15) is 5.75 Å². The number of ether oxygens (including phenoxy) is 1. The molecule has 2 rings (SSSR count). The molecule has 0 aliphatic rings. The molecule has 3 nitrogen and oxygen atoms in total. The summed E-state index contributed by atoms with van der Waals surface area (Å²) >= 11 is 7.68. The van der Waals surface area contributed by atoms with E-state index in [0.717, 1.165) is 35.0 Å². The molecular formula is C14H17ClN2OS. The Morgan fingerprint density at radius 1 is 1.47 bits per heavy atom. The average Bonchev–Trinajstić information content (AvgIpc) is 2.92. The predicted molar refractivity (Wildman–Crippen MR) is 80.2 cm³/mol. The number of likely N-dealkylation sites (N-methyl/N-ethyl adjacent to an activating group) is 1. The zero-order chi connectivity index (χ0) is 13.7. The molecule has 2 aromatic rings. The van der Waals surface area contributed by atoms with E-state index >= 15 is 0 Å². The Hall–Kier alpha value is -1.10. The molecule has 5 heteroatoms. The highest BCUT2D eigenvalue weighted by molar-refractivity contribution is 7.07. The van der Waals surface area contributed by atoms with E-state index in [0.29, 0.717) is 0 Å². The summed E-state index contributed by atoms with van der Waals surface area (Å²) in [6, 6.07) is 5.89. The normalized spacial score (nSPS) is 12.4. The van der Waals surface area contributed by atoms with Gasteiger partial charge in [0.05, 0.1) is 24.4 Å². The number of halogens is 1. The molecule has 0 aliphatic carbocycles. The van der Waals surface area contributed by atoms with Crippen LogP contribution in [-0.4, -0.2) is 18.6 Å². The summed E-state index contributed by atoms with van der Waals surface area (Å²) in [4.78, 5) is 4.39. The number of nitrogens with zero attached hydrogens (tertiary/aromatic N) is 1. The van der Waals surface area contributed by atoms with Crippen molar-refractivity contribution in [3.05, 3.63) is 45.4 Å². The van der Waals surface area contributed by atoms with Gasteiger partial charge in [0.25, 0.3) is 0 Å². The van der Waals surface area contributed by atoms with Gasteiger partial charge in [0, 0.05) is 10.4 Å². The summed E-state index contributed by atoms with van der Waals surface area (Å²) in [7, 11) is 1.68. The fourth-order valence-corrected chi connectivity index (χ4v) is 2.85. The van der Waals surface area contributed by atoms with Crippen molar-refractivity contribution in [1.82, 2.24) is 10.3 Å². The maximum atomic E-state index is 6.07. The lowest BCUT2D eigenvalue weighted by atomic mass is 10.0. The van der Waals surface area contributed by atoms with E-state index in [9.17, 15) is 0 Å². The van der Waals surface area contributed by atoms with Gasteiger partial charge in [-0.05, 0) is 36.7 Å². The van der Waals surface area contributed by atoms with Crippen LogP contribution >= 0.6 is 22.9 Å². The number of benzene rings is 1. The SMILES string of the molecule is CCNC(Cc1cc(Cl)ccc1OC)c1cscn1. The van der Waals surface area contributed by atoms with Gasteiger partial charge in [-0.2, -0.15) is 0 Å². The maximum absolute atomic E-state index is 6.07. The third-order valence-corrected chi connectivity index (χ3v) is 3.77. The summed E-state index contributed by atoms with van der Waals surface area (Å²) in [6.45, 7) is 2.99. The van der Waals surface area contributed by atoms with Crippen molar-refractivity contribution in [1.29, 1.82) is 0 Å². The van der Waals surface area contributed by atoms with Crippen LogP contribution in [0.2, 0.25) is 5.02 Å². The molecular weight excluding hydrogens is 280 g/mol. The van der Waals surface area contributed by atoms with Gasteiger partial charge in [-0.15, -0.1) is 11.3 Å². The van der Waals surface area contributed by atoms with Crippen LogP contribution < -0.4 is 10.1 Å². The predicted octanol–water partition coefficient (Wildman–Crippen LogP) is 3.70. The molecule has 0 saturated carbocycles. The van der Waals surface area contributed by atoms with Gasteiger partial charge in [-0.25, -0.2) is 4.98 Å². The molecule has 1 atom stereocenters. The number of thiazole rings is 1. The molecule has 1 N–H and O–H groups in total. The van der Waals surface area contributed by atoms with Crippen molar-refractivity contribution in [2.24, 2.45) is 0 Å². The van der Waals surface area contributed by atoms with E-state index < -0.39 is 0 Å². The second-order valence-electron chi connectivity index (χ2n) is 4.18. The van der Waals surface area contributed by atoms with Gasteiger partial charge in [0.2, 0.25) is 0 Å². The Labute approximate surface area is 122 Å². The fourth-order valence-electron chi connectivity index (χ4n) is 2.05. The lowest BCUT2D eigenvalue weighted by molar-refractivity contribution is 0.405. The van der Waals surface area contributed by atoms with Crippen molar-refractivity contribution in [2.45, 2.75) is 19.4 Å². The minimum absolute atomic E-state index is 0.184. The van der Waals surface area contributed by atoms with Crippen LogP contribution in [0.25, 0.3) is 0 Å². The van der Waals surface area contributed by atoms with Crippen molar-refractivity contribution in [3.63, 3.8) is 0 Å². The Bertz CT molecular complexity index is 516. The van der Waals surface area contributed by atoms with Gasteiger partial charge >= 0.3 is 0 Å². The van der Waals surface area contributed by atoms with Gasteiger partial charge in [0.15, 0.2) is 0 Å². The minimum Gasteiger partial charge on any atom is -0.496 e. The lowest BCUT2D eigenvalue weighted by Gasteiger charge is -2.17. The second-order valence-corrected chi connectivity index (χ2v) is 5.34. The van der Waals surface area contributed by atoms with Crippen LogP contribution in [0.15, 0.2) is 29.1 Å². The molecule has 0 saturated heterocycles. The van der Waals surface area contributed by atoms with E-state index in [1.807, 2.05) is 23.7 Å². The summed E-state index contributed by atoms with van der Waals surface area (Å²) in [5, 5.41) is 6.25. The number of hydrogen-bond acceptors (Lipinski definition) is 4. The zero-order valence-electron chi connectivity index (χ0n) is 11.0. The average molecular weight is 297 g/mol. The maximum Gasteiger partial charge on any atom is 0.122 e. The highest BCUT2D eigenvalue weighted by Gasteiger charge is 2.15. The molecule has 0 fully saturated rings. The van der Waals surface area contributed by atoms with E-state index in [4.69, 9.17) is 16.3 Å². The number of methoxy groups -OCH3 is 1. The van der Waals surface area contributed by atoms with E-state index in [1.165, 1.54) is 0 Å². The highest BCUT2D eigenvalue weighted by atomic mass is 35.5. The lowest BCUT2D eigenvalue weighted by Crippen LogP contribution is -2.23. The van der Waals surface area contributed by atoms with Crippen LogP contribution in [0.1, 0.15) is 24.2 Å². The van der Waals surface area contributed by atoms with E-state index in [1.54, 1.807) is 18.4 Å². The first-order valence-electron chi connectivity index (χ1n) is 6.18. The topological polar surface area (TPSA) is 34.1 Å². The largest absolute Gasteiger partial charge is 0.496 e. The Balaban J connectivity index is 2.24. The molecule has 0 bridgehead atoms. The molecule has 102 valence electrons. The Morgan fingerprint density at radius 2 is 2.32 bits per heavy atom. The smallest absolute Gasteiger partial charge is 0.122 e. The van der Waals surface area contributed by atoms with Crippen molar-refractivity contribution in [2.75, 3.05) is 13.7 Å². The zero-order valence-corrected chi connectivity index (χ0v) is 12.6. The molecule has 0 amide bonds. The third-order valence-electron chi connectivity index (χ3n) is 2.93. The second kappa shape index (κ2) is 6.89. The van der Waals surface area contributed by atoms with Gasteiger partial charge in [-0.3, -0.25) is 0 Å². The molecule has 0 spiro atoms. The van der Waals surface area contributed by atoms with Crippen LogP contribution in [0.5, 0.6) is 5.75 Å². The molecule has 0 aliphatic heterocycles. The minimum atomic E-state index is 0.184.